The molecule has 6 nitrogen and oxygen atoms in total. The highest BCUT2D eigenvalue weighted by atomic mass is 16.2. The molecule has 26 heavy (non-hydrogen) atoms. The average Bonchev–Trinajstić information content (AvgIpc) is 3.30. The van der Waals surface area contributed by atoms with Gasteiger partial charge in [0.2, 0.25) is 5.91 Å². The molecule has 6 heteroatoms. The number of nitrogens with zero attached hydrogens (tertiary/aromatic N) is 4. The van der Waals surface area contributed by atoms with Crippen LogP contribution in [0.5, 0.6) is 0 Å². The molecule has 2 aromatic rings. The molecule has 138 valence electrons. The predicted octanol–water partition coefficient (Wildman–Crippen LogP) is 3.05. The van der Waals surface area contributed by atoms with Crippen LogP contribution in [0.4, 0.5) is 5.69 Å². The molecule has 1 saturated heterocycles. The predicted molar refractivity (Wildman–Crippen MR) is 101 cm³/mol. The van der Waals surface area contributed by atoms with Crippen LogP contribution in [0.2, 0.25) is 0 Å². The van der Waals surface area contributed by atoms with Crippen molar-refractivity contribution in [1.29, 1.82) is 0 Å². The van der Waals surface area contributed by atoms with E-state index in [2.05, 4.69) is 31.0 Å². The zero-order chi connectivity index (χ0) is 18.1. The Bertz CT molecular complexity index is 775. The third-order valence-corrected chi connectivity index (χ3v) is 5.28. The molecule has 1 aliphatic carbocycles. The lowest BCUT2D eigenvalue weighted by atomic mass is 9.97. The zero-order valence-electron chi connectivity index (χ0n) is 15.6. The molecule has 1 aromatic heterocycles. The Hall–Kier alpha value is -2.21. The van der Waals surface area contributed by atoms with Crippen molar-refractivity contribution < 1.29 is 4.79 Å². The lowest BCUT2D eigenvalue weighted by Gasteiger charge is -2.31. The second-order valence-corrected chi connectivity index (χ2v) is 7.83. The maximum absolute atomic E-state index is 12.5. The number of carbonyl (C=O) groups excluding carboxylic acids is 1. The minimum absolute atomic E-state index is 0.0549. The SMILES string of the molecule is Cc1cc(C)cc(NC(=O)CN2CCCC(c3nncn3C3CC3)C2)c1. The maximum Gasteiger partial charge on any atom is 0.238 e. The summed E-state index contributed by atoms with van der Waals surface area (Å²) in [6.45, 7) is 6.38. The second kappa shape index (κ2) is 7.19. The number of aromatic nitrogens is 3. The normalized spacial score (nSPS) is 20.9. The van der Waals surface area contributed by atoms with Gasteiger partial charge in [0.1, 0.15) is 12.2 Å². The Kier molecular flexibility index (Phi) is 4.76. The minimum atomic E-state index is 0.0549. The summed E-state index contributed by atoms with van der Waals surface area (Å²) >= 11 is 0. The van der Waals surface area contributed by atoms with Crippen LogP contribution in [-0.2, 0) is 4.79 Å². The third kappa shape index (κ3) is 3.96. The van der Waals surface area contributed by atoms with Crippen LogP contribution in [-0.4, -0.2) is 45.2 Å². The van der Waals surface area contributed by atoms with E-state index in [0.717, 1.165) is 48.6 Å². The van der Waals surface area contributed by atoms with Crippen molar-refractivity contribution in [1.82, 2.24) is 19.7 Å². The Balaban J connectivity index is 1.37. The first-order valence-electron chi connectivity index (χ1n) is 9.58. The van der Waals surface area contributed by atoms with E-state index in [1.807, 2.05) is 32.3 Å². The topological polar surface area (TPSA) is 63.1 Å². The van der Waals surface area contributed by atoms with E-state index < -0.39 is 0 Å². The zero-order valence-corrected chi connectivity index (χ0v) is 15.6. The highest BCUT2D eigenvalue weighted by molar-refractivity contribution is 5.92. The monoisotopic (exact) mass is 353 g/mol. The van der Waals surface area contributed by atoms with Crippen LogP contribution in [0, 0.1) is 13.8 Å². The summed E-state index contributed by atoms with van der Waals surface area (Å²) in [6.07, 6.45) is 6.57. The summed E-state index contributed by atoms with van der Waals surface area (Å²) < 4.78 is 2.25. The van der Waals surface area contributed by atoms with Crippen molar-refractivity contribution in [2.75, 3.05) is 25.0 Å². The van der Waals surface area contributed by atoms with Crippen molar-refractivity contribution in [3.63, 3.8) is 0 Å². The van der Waals surface area contributed by atoms with Gasteiger partial charge in [-0.05, 0) is 69.3 Å². The maximum atomic E-state index is 12.5. The first-order valence-corrected chi connectivity index (χ1v) is 9.58. The lowest BCUT2D eigenvalue weighted by molar-refractivity contribution is -0.117. The van der Waals surface area contributed by atoms with Gasteiger partial charge in [-0.3, -0.25) is 9.69 Å². The summed E-state index contributed by atoms with van der Waals surface area (Å²) in [5, 5.41) is 11.6. The van der Waals surface area contributed by atoms with Gasteiger partial charge in [-0.1, -0.05) is 6.07 Å². The Morgan fingerprint density at radius 1 is 1.19 bits per heavy atom. The fourth-order valence-corrected chi connectivity index (χ4v) is 4.04. The average molecular weight is 353 g/mol. The van der Waals surface area contributed by atoms with Crippen molar-refractivity contribution in [3.05, 3.63) is 41.5 Å². The van der Waals surface area contributed by atoms with Gasteiger partial charge < -0.3 is 9.88 Å². The highest BCUT2D eigenvalue weighted by Crippen LogP contribution is 2.38. The smallest absolute Gasteiger partial charge is 0.238 e. The lowest BCUT2D eigenvalue weighted by Crippen LogP contribution is -2.40. The van der Waals surface area contributed by atoms with Crippen LogP contribution in [0.25, 0.3) is 0 Å². The Morgan fingerprint density at radius 2 is 1.96 bits per heavy atom. The summed E-state index contributed by atoms with van der Waals surface area (Å²) in [5.74, 6) is 1.53. The first-order chi connectivity index (χ1) is 12.6. The number of hydrogen-bond acceptors (Lipinski definition) is 4. The third-order valence-electron chi connectivity index (χ3n) is 5.28. The van der Waals surface area contributed by atoms with Gasteiger partial charge in [0.05, 0.1) is 6.54 Å². The largest absolute Gasteiger partial charge is 0.325 e. The summed E-state index contributed by atoms with van der Waals surface area (Å²) in [7, 11) is 0. The molecule has 1 unspecified atom stereocenters. The number of carbonyl (C=O) groups is 1. The van der Waals surface area contributed by atoms with Gasteiger partial charge in [-0.25, -0.2) is 0 Å². The molecule has 1 atom stereocenters. The molecule has 4 rings (SSSR count). The van der Waals surface area contributed by atoms with E-state index in [1.165, 1.54) is 12.8 Å². The van der Waals surface area contributed by atoms with Gasteiger partial charge in [0.15, 0.2) is 0 Å². The van der Waals surface area contributed by atoms with Gasteiger partial charge in [-0.15, -0.1) is 10.2 Å². The van der Waals surface area contributed by atoms with Crippen LogP contribution >= 0.6 is 0 Å². The molecule has 1 amide bonds. The number of nitrogens with one attached hydrogen (secondary N) is 1. The van der Waals surface area contributed by atoms with E-state index in [4.69, 9.17) is 0 Å². The number of anilines is 1. The van der Waals surface area contributed by atoms with Crippen molar-refractivity contribution in [3.8, 4) is 0 Å². The number of amides is 1. The Morgan fingerprint density at radius 3 is 2.69 bits per heavy atom. The molecule has 1 N–H and O–H groups in total. The Labute approximate surface area is 154 Å². The number of hydrogen-bond donors (Lipinski definition) is 1. The first kappa shape index (κ1) is 17.2. The molecule has 2 heterocycles. The number of rotatable bonds is 5. The van der Waals surface area contributed by atoms with Crippen molar-refractivity contribution >= 4 is 11.6 Å². The van der Waals surface area contributed by atoms with Crippen LogP contribution < -0.4 is 5.32 Å². The molecule has 1 saturated carbocycles. The molecular weight excluding hydrogens is 326 g/mol. The molecule has 1 aromatic carbocycles. The van der Waals surface area contributed by atoms with Gasteiger partial charge in [0.25, 0.3) is 0 Å². The molecule has 0 radical (unpaired) electrons. The fraction of sp³-hybridized carbons (Fsp3) is 0.550. The summed E-state index contributed by atoms with van der Waals surface area (Å²) in [4.78, 5) is 14.7. The van der Waals surface area contributed by atoms with Crippen LogP contribution in [0.15, 0.2) is 24.5 Å². The van der Waals surface area contributed by atoms with E-state index in [-0.39, 0.29) is 5.91 Å². The van der Waals surface area contributed by atoms with Crippen molar-refractivity contribution in [2.24, 2.45) is 0 Å². The quantitative estimate of drug-likeness (QED) is 0.897. The molecule has 2 aliphatic rings. The van der Waals surface area contributed by atoms with Crippen LogP contribution in [0.1, 0.15) is 54.6 Å². The van der Waals surface area contributed by atoms with Gasteiger partial charge in [-0.2, -0.15) is 0 Å². The number of piperidine rings is 1. The molecular formula is C20H27N5O. The van der Waals surface area contributed by atoms with Crippen LogP contribution in [0.3, 0.4) is 0 Å². The summed E-state index contributed by atoms with van der Waals surface area (Å²) in [6, 6.07) is 6.74. The number of benzene rings is 1. The molecule has 1 aliphatic heterocycles. The minimum Gasteiger partial charge on any atom is -0.325 e. The fourth-order valence-electron chi connectivity index (χ4n) is 4.04. The van der Waals surface area contributed by atoms with E-state index in [0.29, 0.717) is 18.5 Å². The highest BCUT2D eigenvalue weighted by Gasteiger charge is 2.31. The summed E-state index contributed by atoms with van der Waals surface area (Å²) in [5.41, 5.74) is 3.21. The second-order valence-electron chi connectivity index (χ2n) is 7.83. The molecule has 2 fully saturated rings. The number of likely N-dealkylation sites (tertiary alicyclic amines) is 1. The van der Waals surface area contributed by atoms with E-state index >= 15 is 0 Å². The van der Waals surface area contributed by atoms with E-state index in [9.17, 15) is 4.79 Å². The molecule has 0 bridgehead atoms. The van der Waals surface area contributed by atoms with E-state index in [1.54, 1.807) is 0 Å². The molecule has 0 spiro atoms. The van der Waals surface area contributed by atoms with Gasteiger partial charge in [0, 0.05) is 24.2 Å². The standard InChI is InChI=1S/C20H27N5O/c1-14-8-15(2)10-17(9-14)22-19(26)12-24-7-3-4-16(11-24)20-23-21-13-25(20)18-5-6-18/h8-10,13,16,18H,3-7,11-12H2,1-2H3,(H,22,26). The van der Waals surface area contributed by atoms with Crippen molar-refractivity contribution in [2.45, 2.75) is 51.5 Å². The van der Waals surface area contributed by atoms with Gasteiger partial charge >= 0.3 is 0 Å². The number of aryl methyl sites for hydroxylation is 2.